The molecule has 0 bridgehead atoms. The SMILES string of the molecule is COc1ccc(OC)c(NC(=O)c2cccc(S(=O)(=O)N3c4ccccc4CC3C)c2)c1. The number of anilines is 2. The first kappa shape index (κ1) is 21.7. The second-order valence-corrected chi connectivity index (χ2v) is 9.35. The van der Waals surface area contributed by atoms with Gasteiger partial charge >= 0.3 is 0 Å². The van der Waals surface area contributed by atoms with Crippen LogP contribution in [0.1, 0.15) is 22.8 Å². The molecular weight excluding hydrogens is 428 g/mol. The molecule has 1 aliphatic heterocycles. The molecule has 1 amide bonds. The fraction of sp³-hybridized carbons (Fsp3) is 0.208. The van der Waals surface area contributed by atoms with E-state index < -0.39 is 15.9 Å². The number of sulfonamides is 1. The molecule has 32 heavy (non-hydrogen) atoms. The number of hydrogen-bond acceptors (Lipinski definition) is 5. The summed E-state index contributed by atoms with van der Waals surface area (Å²) < 4.78 is 38.9. The van der Waals surface area contributed by atoms with Crippen LogP contribution in [0, 0.1) is 0 Å². The largest absolute Gasteiger partial charge is 0.497 e. The van der Waals surface area contributed by atoms with Gasteiger partial charge in [0.2, 0.25) is 0 Å². The van der Waals surface area contributed by atoms with Crippen molar-refractivity contribution in [2.24, 2.45) is 0 Å². The van der Waals surface area contributed by atoms with Crippen molar-refractivity contribution in [3.63, 3.8) is 0 Å². The minimum atomic E-state index is -3.85. The van der Waals surface area contributed by atoms with Gasteiger partial charge in [-0.2, -0.15) is 0 Å². The van der Waals surface area contributed by atoms with Gasteiger partial charge in [0.05, 0.1) is 30.5 Å². The summed E-state index contributed by atoms with van der Waals surface area (Å²) in [6.45, 7) is 1.88. The summed E-state index contributed by atoms with van der Waals surface area (Å²) in [5.41, 5.74) is 2.31. The molecule has 3 aromatic carbocycles. The van der Waals surface area contributed by atoms with Crippen LogP contribution in [0.5, 0.6) is 11.5 Å². The van der Waals surface area contributed by atoms with Gasteiger partial charge in [-0.1, -0.05) is 24.3 Å². The van der Waals surface area contributed by atoms with Gasteiger partial charge in [-0.15, -0.1) is 0 Å². The van der Waals surface area contributed by atoms with Gasteiger partial charge in [0.25, 0.3) is 15.9 Å². The fourth-order valence-electron chi connectivity index (χ4n) is 3.92. The van der Waals surface area contributed by atoms with E-state index in [1.807, 2.05) is 31.2 Å². The molecule has 7 nitrogen and oxygen atoms in total. The molecule has 1 aliphatic rings. The molecule has 0 radical (unpaired) electrons. The van der Waals surface area contributed by atoms with E-state index >= 15 is 0 Å². The van der Waals surface area contributed by atoms with Gasteiger partial charge in [0, 0.05) is 17.7 Å². The zero-order valence-electron chi connectivity index (χ0n) is 18.0. The van der Waals surface area contributed by atoms with Crippen LogP contribution in [-0.4, -0.2) is 34.6 Å². The van der Waals surface area contributed by atoms with Crippen molar-refractivity contribution >= 4 is 27.3 Å². The number of hydrogen-bond donors (Lipinski definition) is 1. The third-order valence-electron chi connectivity index (χ3n) is 5.45. The van der Waals surface area contributed by atoms with Crippen LogP contribution in [0.4, 0.5) is 11.4 Å². The van der Waals surface area contributed by atoms with E-state index in [1.165, 1.54) is 30.7 Å². The minimum Gasteiger partial charge on any atom is -0.497 e. The summed E-state index contributed by atoms with van der Waals surface area (Å²) in [4.78, 5) is 13.0. The molecule has 0 aliphatic carbocycles. The first-order valence-electron chi connectivity index (χ1n) is 10.1. The Morgan fingerprint density at radius 3 is 2.53 bits per heavy atom. The quantitative estimate of drug-likeness (QED) is 0.609. The summed E-state index contributed by atoms with van der Waals surface area (Å²) in [5, 5.41) is 2.77. The number of nitrogens with zero attached hydrogens (tertiary/aromatic N) is 1. The van der Waals surface area contributed by atoms with Gasteiger partial charge in [0.1, 0.15) is 11.5 Å². The number of fused-ring (bicyclic) bond motifs is 1. The molecule has 8 heteroatoms. The molecule has 0 saturated heterocycles. The maximum atomic E-state index is 13.5. The lowest BCUT2D eigenvalue weighted by Crippen LogP contribution is -2.35. The topological polar surface area (TPSA) is 84.9 Å². The Labute approximate surface area is 187 Å². The molecule has 0 spiro atoms. The van der Waals surface area contributed by atoms with E-state index in [9.17, 15) is 13.2 Å². The number of ether oxygens (including phenoxy) is 2. The molecule has 0 saturated carbocycles. The highest BCUT2D eigenvalue weighted by Gasteiger charge is 2.36. The number of benzene rings is 3. The number of nitrogens with one attached hydrogen (secondary N) is 1. The normalized spacial score (nSPS) is 15.2. The molecular formula is C24H24N2O5S. The highest BCUT2D eigenvalue weighted by molar-refractivity contribution is 7.92. The minimum absolute atomic E-state index is 0.0614. The summed E-state index contributed by atoms with van der Waals surface area (Å²) >= 11 is 0. The summed E-state index contributed by atoms with van der Waals surface area (Å²) in [7, 11) is -0.818. The zero-order chi connectivity index (χ0) is 22.9. The number of carbonyl (C=O) groups excluding carboxylic acids is 1. The predicted molar refractivity (Wildman–Crippen MR) is 123 cm³/mol. The lowest BCUT2D eigenvalue weighted by molar-refractivity contribution is 0.102. The predicted octanol–water partition coefficient (Wildman–Crippen LogP) is 4.10. The molecule has 166 valence electrons. The van der Waals surface area contributed by atoms with Crippen molar-refractivity contribution in [3.8, 4) is 11.5 Å². The van der Waals surface area contributed by atoms with Crippen molar-refractivity contribution < 1.29 is 22.7 Å². The van der Waals surface area contributed by atoms with Crippen LogP contribution in [0.3, 0.4) is 0 Å². The first-order valence-corrected chi connectivity index (χ1v) is 11.5. The lowest BCUT2D eigenvalue weighted by atomic mass is 10.1. The number of para-hydroxylation sites is 1. The van der Waals surface area contributed by atoms with Crippen molar-refractivity contribution in [2.45, 2.75) is 24.3 Å². The summed E-state index contributed by atoms with van der Waals surface area (Å²) in [6, 6.07) is 18.3. The Bertz CT molecular complexity index is 1270. The molecule has 1 unspecified atom stereocenters. The standard InChI is InChI=1S/C24H24N2O5S/c1-16-13-17-7-4-5-10-22(17)26(16)32(28,29)20-9-6-8-18(14-20)24(27)25-21-15-19(30-2)11-12-23(21)31-3/h4-12,14-16H,13H2,1-3H3,(H,25,27). The van der Waals surface area contributed by atoms with E-state index in [0.29, 0.717) is 29.3 Å². The Morgan fingerprint density at radius 1 is 1.00 bits per heavy atom. The summed E-state index contributed by atoms with van der Waals surface area (Å²) in [5.74, 6) is 0.563. The van der Waals surface area contributed by atoms with Crippen LogP contribution in [0.25, 0.3) is 0 Å². The Balaban J connectivity index is 1.65. The molecule has 1 heterocycles. The van der Waals surface area contributed by atoms with E-state index in [-0.39, 0.29) is 16.5 Å². The van der Waals surface area contributed by atoms with Crippen molar-refractivity contribution in [3.05, 3.63) is 77.9 Å². The molecule has 1 N–H and O–H groups in total. The van der Waals surface area contributed by atoms with Gasteiger partial charge in [-0.05, 0) is 55.3 Å². The Hall–Kier alpha value is -3.52. The molecule has 3 aromatic rings. The maximum absolute atomic E-state index is 13.5. The lowest BCUT2D eigenvalue weighted by Gasteiger charge is -2.24. The van der Waals surface area contributed by atoms with Gasteiger partial charge < -0.3 is 14.8 Å². The van der Waals surface area contributed by atoms with Gasteiger partial charge in [0.15, 0.2) is 0 Å². The Kier molecular flexibility index (Phi) is 5.80. The van der Waals surface area contributed by atoms with E-state index in [1.54, 1.807) is 30.3 Å². The first-order chi connectivity index (χ1) is 15.3. The Morgan fingerprint density at radius 2 is 1.78 bits per heavy atom. The molecule has 0 fully saturated rings. The average Bonchev–Trinajstić information content (AvgIpc) is 3.15. The monoisotopic (exact) mass is 452 g/mol. The van der Waals surface area contributed by atoms with Crippen LogP contribution in [0.2, 0.25) is 0 Å². The van der Waals surface area contributed by atoms with Crippen molar-refractivity contribution in [1.82, 2.24) is 0 Å². The van der Waals surface area contributed by atoms with Crippen LogP contribution >= 0.6 is 0 Å². The van der Waals surface area contributed by atoms with Crippen LogP contribution < -0.4 is 19.1 Å². The number of carbonyl (C=O) groups is 1. The van der Waals surface area contributed by atoms with E-state index in [2.05, 4.69) is 5.32 Å². The second kappa shape index (κ2) is 8.55. The highest BCUT2D eigenvalue weighted by Crippen LogP contribution is 2.36. The molecule has 4 rings (SSSR count). The van der Waals surface area contributed by atoms with Crippen LogP contribution in [-0.2, 0) is 16.4 Å². The third kappa shape index (κ3) is 3.89. The molecule has 0 aromatic heterocycles. The van der Waals surface area contributed by atoms with Crippen LogP contribution in [0.15, 0.2) is 71.6 Å². The highest BCUT2D eigenvalue weighted by atomic mass is 32.2. The van der Waals surface area contributed by atoms with E-state index in [4.69, 9.17) is 9.47 Å². The average molecular weight is 453 g/mol. The summed E-state index contributed by atoms with van der Waals surface area (Å²) in [6.07, 6.45) is 0.644. The second-order valence-electron chi connectivity index (χ2n) is 7.53. The van der Waals surface area contributed by atoms with E-state index in [0.717, 1.165) is 5.56 Å². The number of methoxy groups -OCH3 is 2. The van der Waals surface area contributed by atoms with Gasteiger partial charge in [-0.3, -0.25) is 9.10 Å². The third-order valence-corrected chi connectivity index (χ3v) is 7.38. The van der Waals surface area contributed by atoms with Crippen molar-refractivity contribution in [1.29, 1.82) is 0 Å². The number of amides is 1. The number of rotatable bonds is 6. The molecule has 1 atom stereocenters. The van der Waals surface area contributed by atoms with Crippen molar-refractivity contribution in [2.75, 3.05) is 23.8 Å². The van der Waals surface area contributed by atoms with Gasteiger partial charge in [-0.25, -0.2) is 8.42 Å². The fourth-order valence-corrected chi connectivity index (χ4v) is 5.66. The maximum Gasteiger partial charge on any atom is 0.264 e. The zero-order valence-corrected chi connectivity index (χ0v) is 18.8. The smallest absolute Gasteiger partial charge is 0.264 e.